The predicted octanol–water partition coefficient (Wildman–Crippen LogP) is 1.64. The number of benzene rings is 1. The van der Waals surface area contributed by atoms with Crippen molar-refractivity contribution in [3.05, 3.63) is 23.5 Å². The zero-order valence-corrected chi connectivity index (χ0v) is 11.7. The van der Waals surface area contributed by atoms with Crippen molar-refractivity contribution in [1.82, 2.24) is 4.31 Å². The maximum atomic E-state index is 13.8. The second-order valence-corrected chi connectivity index (χ2v) is 5.95. The molecule has 104 valence electrons. The highest BCUT2D eigenvalue weighted by atomic mass is 32.2. The normalized spacial score (nSPS) is 11.5. The average molecular weight is 285 g/mol. The second-order valence-electron chi connectivity index (χ2n) is 4.04. The summed E-state index contributed by atoms with van der Waals surface area (Å²) in [5.74, 6) is -0.831. The molecule has 5 nitrogen and oxygen atoms in total. The second kappa shape index (κ2) is 5.99. The molecule has 19 heavy (non-hydrogen) atoms. The number of hydrogen-bond donors (Lipinski definition) is 1. The van der Waals surface area contributed by atoms with E-state index in [0.717, 1.165) is 16.4 Å². The van der Waals surface area contributed by atoms with E-state index < -0.39 is 20.7 Å². The lowest BCUT2D eigenvalue weighted by molar-refractivity contribution is 0.430. The Morgan fingerprint density at radius 2 is 2.11 bits per heavy atom. The molecule has 0 amide bonds. The minimum atomic E-state index is -3.97. The monoisotopic (exact) mass is 285 g/mol. The fraction of sp³-hybridized carbons (Fsp3) is 0.417. The third-order valence-corrected chi connectivity index (χ3v) is 4.75. The number of anilines is 1. The average Bonchev–Trinajstić information content (AvgIpc) is 2.34. The lowest BCUT2D eigenvalue weighted by Crippen LogP contribution is -2.32. The van der Waals surface area contributed by atoms with Gasteiger partial charge in [-0.3, -0.25) is 0 Å². The zero-order chi connectivity index (χ0) is 14.6. The van der Waals surface area contributed by atoms with Crippen LogP contribution in [0.4, 0.5) is 10.1 Å². The summed E-state index contributed by atoms with van der Waals surface area (Å²) >= 11 is 0. The molecule has 0 bridgehead atoms. The van der Waals surface area contributed by atoms with Gasteiger partial charge in [-0.2, -0.15) is 9.57 Å². The van der Waals surface area contributed by atoms with Gasteiger partial charge in [-0.05, 0) is 24.6 Å². The zero-order valence-electron chi connectivity index (χ0n) is 10.9. The lowest BCUT2D eigenvalue weighted by Gasteiger charge is -2.20. The van der Waals surface area contributed by atoms with E-state index in [4.69, 9.17) is 11.0 Å². The molecule has 0 aliphatic rings. The van der Waals surface area contributed by atoms with Crippen LogP contribution in [-0.2, 0) is 10.0 Å². The number of nitrogens with two attached hydrogens (primary N) is 1. The van der Waals surface area contributed by atoms with E-state index in [1.54, 1.807) is 13.8 Å². The fourth-order valence-electron chi connectivity index (χ4n) is 1.63. The third-order valence-electron chi connectivity index (χ3n) is 2.76. The minimum Gasteiger partial charge on any atom is -0.398 e. The maximum absolute atomic E-state index is 13.8. The van der Waals surface area contributed by atoms with Crippen LogP contribution >= 0.6 is 0 Å². The van der Waals surface area contributed by atoms with Crippen molar-refractivity contribution in [3.8, 4) is 6.07 Å². The van der Waals surface area contributed by atoms with Crippen molar-refractivity contribution < 1.29 is 12.8 Å². The molecule has 0 fully saturated rings. The smallest absolute Gasteiger partial charge is 0.246 e. The lowest BCUT2D eigenvalue weighted by atomic mass is 10.2. The van der Waals surface area contributed by atoms with Crippen molar-refractivity contribution in [2.45, 2.75) is 25.2 Å². The van der Waals surface area contributed by atoms with Crippen molar-refractivity contribution >= 4 is 15.7 Å². The standard InChI is InChI=1S/C12H16FN3O2S/c1-3-16(6-4-5-14)19(17,18)12-8-11(15)9(2)7-10(12)13/h7-8H,3-4,6,15H2,1-2H3. The van der Waals surface area contributed by atoms with Gasteiger partial charge in [0, 0.05) is 25.2 Å². The van der Waals surface area contributed by atoms with Crippen LogP contribution in [0, 0.1) is 24.1 Å². The first-order valence-corrected chi connectivity index (χ1v) is 7.21. The molecular weight excluding hydrogens is 269 g/mol. The molecule has 0 heterocycles. The number of hydrogen-bond acceptors (Lipinski definition) is 4. The van der Waals surface area contributed by atoms with E-state index in [1.807, 2.05) is 6.07 Å². The van der Waals surface area contributed by atoms with E-state index in [0.29, 0.717) is 5.56 Å². The Hall–Kier alpha value is -1.65. The van der Waals surface area contributed by atoms with Crippen molar-refractivity contribution in [1.29, 1.82) is 5.26 Å². The van der Waals surface area contributed by atoms with Crippen molar-refractivity contribution in [2.24, 2.45) is 0 Å². The molecule has 0 saturated carbocycles. The van der Waals surface area contributed by atoms with Gasteiger partial charge >= 0.3 is 0 Å². The van der Waals surface area contributed by atoms with Crippen LogP contribution in [0.25, 0.3) is 0 Å². The summed E-state index contributed by atoms with van der Waals surface area (Å²) in [6.07, 6.45) is 0.0516. The Balaban J connectivity index is 3.26. The number of nitrogens with zero attached hydrogens (tertiary/aromatic N) is 2. The molecule has 2 N–H and O–H groups in total. The summed E-state index contributed by atoms with van der Waals surface area (Å²) in [5, 5.41) is 8.52. The molecule has 0 spiro atoms. The van der Waals surface area contributed by atoms with Gasteiger partial charge in [0.1, 0.15) is 10.7 Å². The van der Waals surface area contributed by atoms with Gasteiger partial charge in [-0.15, -0.1) is 0 Å². The summed E-state index contributed by atoms with van der Waals surface area (Å²) in [6, 6.07) is 4.08. The number of nitriles is 1. The minimum absolute atomic E-state index is 0.0303. The van der Waals surface area contributed by atoms with Crippen LogP contribution in [0.5, 0.6) is 0 Å². The largest absolute Gasteiger partial charge is 0.398 e. The van der Waals surface area contributed by atoms with Gasteiger partial charge in [-0.25, -0.2) is 12.8 Å². The molecule has 0 radical (unpaired) electrons. The first-order valence-electron chi connectivity index (χ1n) is 5.77. The van der Waals surface area contributed by atoms with Gasteiger partial charge in [0.15, 0.2) is 0 Å². The molecular formula is C12H16FN3O2S. The van der Waals surface area contributed by atoms with E-state index in [1.165, 1.54) is 0 Å². The Morgan fingerprint density at radius 1 is 1.47 bits per heavy atom. The fourth-order valence-corrected chi connectivity index (χ4v) is 3.16. The first kappa shape index (κ1) is 15.4. The number of sulfonamides is 1. The molecule has 0 atom stereocenters. The van der Waals surface area contributed by atoms with Crippen LogP contribution in [-0.4, -0.2) is 25.8 Å². The Labute approximate surface area is 112 Å². The van der Waals surface area contributed by atoms with Crippen LogP contribution in [0.3, 0.4) is 0 Å². The topological polar surface area (TPSA) is 87.2 Å². The Bertz CT molecular complexity index is 608. The van der Waals surface area contributed by atoms with E-state index in [2.05, 4.69) is 0 Å². The van der Waals surface area contributed by atoms with Crippen LogP contribution in [0.15, 0.2) is 17.0 Å². The van der Waals surface area contributed by atoms with E-state index >= 15 is 0 Å². The van der Waals surface area contributed by atoms with E-state index in [-0.39, 0.29) is 25.2 Å². The quantitative estimate of drug-likeness (QED) is 0.833. The molecule has 0 unspecified atom stereocenters. The van der Waals surface area contributed by atoms with Crippen LogP contribution in [0.1, 0.15) is 18.9 Å². The number of aryl methyl sites for hydroxylation is 1. The van der Waals surface area contributed by atoms with Gasteiger partial charge in [0.05, 0.1) is 6.07 Å². The molecule has 1 aromatic carbocycles. The molecule has 0 aliphatic heterocycles. The maximum Gasteiger partial charge on any atom is 0.246 e. The Kier molecular flexibility index (Phi) is 4.86. The van der Waals surface area contributed by atoms with Gasteiger partial charge in [0.2, 0.25) is 10.0 Å². The highest BCUT2D eigenvalue weighted by molar-refractivity contribution is 7.89. The Morgan fingerprint density at radius 3 is 2.63 bits per heavy atom. The molecule has 0 saturated heterocycles. The van der Waals surface area contributed by atoms with Crippen LogP contribution in [0.2, 0.25) is 0 Å². The number of nitrogen functional groups attached to an aromatic ring is 1. The van der Waals surface area contributed by atoms with Gasteiger partial charge in [-0.1, -0.05) is 6.92 Å². The summed E-state index contributed by atoms with van der Waals surface area (Å²) < 4.78 is 39.4. The predicted molar refractivity (Wildman–Crippen MR) is 70.2 cm³/mol. The summed E-state index contributed by atoms with van der Waals surface area (Å²) in [6.45, 7) is 3.42. The summed E-state index contributed by atoms with van der Waals surface area (Å²) in [7, 11) is -3.97. The highest BCUT2D eigenvalue weighted by Crippen LogP contribution is 2.24. The summed E-state index contributed by atoms with van der Waals surface area (Å²) in [4.78, 5) is -0.449. The first-order chi connectivity index (χ1) is 8.84. The number of halogens is 1. The molecule has 0 aromatic heterocycles. The van der Waals surface area contributed by atoms with Crippen molar-refractivity contribution in [3.63, 3.8) is 0 Å². The van der Waals surface area contributed by atoms with E-state index in [9.17, 15) is 12.8 Å². The third kappa shape index (κ3) is 3.22. The molecule has 1 aromatic rings. The summed E-state index contributed by atoms with van der Waals surface area (Å²) in [5.41, 5.74) is 6.33. The molecule has 0 aliphatic carbocycles. The van der Waals surface area contributed by atoms with Gasteiger partial charge in [0.25, 0.3) is 0 Å². The number of rotatable bonds is 5. The highest BCUT2D eigenvalue weighted by Gasteiger charge is 2.26. The molecule has 1 rings (SSSR count). The molecule has 7 heteroatoms. The van der Waals surface area contributed by atoms with Gasteiger partial charge < -0.3 is 5.73 Å². The SMILES string of the molecule is CCN(CCC#N)S(=O)(=O)c1cc(N)c(C)cc1F. The van der Waals surface area contributed by atoms with Crippen LogP contribution < -0.4 is 5.73 Å². The van der Waals surface area contributed by atoms with Crippen molar-refractivity contribution in [2.75, 3.05) is 18.8 Å².